The highest BCUT2D eigenvalue weighted by molar-refractivity contribution is 7.99. The third-order valence-electron chi connectivity index (χ3n) is 2.81. The molecule has 4 heteroatoms. The molecule has 3 nitrogen and oxygen atoms in total. The highest BCUT2D eigenvalue weighted by Gasteiger charge is 2.09. The summed E-state index contributed by atoms with van der Waals surface area (Å²) < 4.78 is 5.69. The summed E-state index contributed by atoms with van der Waals surface area (Å²) in [6, 6.07) is 14.9. The van der Waals surface area contributed by atoms with E-state index in [0.717, 1.165) is 16.2 Å². The molecule has 2 rings (SSSR count). The van der Waals surface area contributed by atoms with Crippen LogP contribution in [0.25, 0.3) is 0 Å². The summed E-state index contributed by atoms with van der Waals surface area (Å²) in [5.74, 6) is 0.686. The van der Waals surface area contributed by atoms with E-state index in [4.69, 9.17) is 9.84 Å². The molecule has 0 spiro atoms. The average Bonchev–Trinajstić information content (AvgIpc) is 2.45. The van der Waals surface area contributed by atoms with Crippen molar-refractivity contribution in [3.05, 3.63) is 59.7 Å². The second-order valence-corrected chi connectivity index (χ2v) is 5.40. The lowest BCUT2D eigenvalue weighted by Gasteiger charge is -2.09. The number of carboxylic acids is 1. The molecule has 0 bridgehead atoms. The number of carbonyl (C=O) groups is 1. The lowest BCUT2D eigenvalue weighted by molar-refractivity contribution is 0.0693. The molecule has 0 aliphatic heterocycles. The van der Waals surface area contributed by atoms with Crippen LogP contribution >= 0.6 is 11.8 Å². The number of para-hydroxylation sites is 1. The first-order chi connectivity index (χ1) is 9.68. The molecule has 20 heavy (non-hydrogen) atoms. The van der Waals surface area contributed by atoms with E-state index in [9.17, 15) is 4.79 Å². The number of thioether (sulfide) groups is 1. The molecule has 0 aliphatic carbocycles. The van der Waals surface area contributed by atoms with Crippen LogP contribution < -0.4 is 4.74 Å². The molecule has 0 atom stereocenters. The second-order valence-electron chi connectivity index (χ2n) is 4.26. The molecule has 1 N–H and O–H groups in total. The van der Waals surface area contributed by atoms with Crippen LogP contribution in [0.3, 0.4) is 0 Å². The van der Waals surface area contributed by atoms with Crippen LogP contribution in [0.4, 0.5) is 0 Å². The van der Waals surface area contributed by atoms with Gasteiger partial charge in [-0.25, -0.2) is 4.79 Å². The lowest BCUT2D eigenvalue weighted by atomic mass is 10.2. The van der Waals surface area contributed by atoms with Gasteiger partial charge in [-0.1, -0.05) is 30.3 Å². The molecular formula is C16H16O3S. The van der Waals surface area contributed by atoms with Crippen LogP contribution in [0.15, 0.2) is 53.4 Å². The Kier molecular flexibility index (Phi) is 5.07. The summed E-state index contributed by atoms with van der Waals surface area (Å²) in [4.78, 5) is 11.8. The molecule has 0 saturated carbocycles. The monoisotopic (exact) mass is 288 g/mol. The van der Waals surface area contributed by atoms with Gasteiger partial charge in [0.05, 0.1) is 12.2 Å². The van der Waals surface area contributed by atoms with E-state index < -0.39 is 5.97 Å². The third kappa shape index (κ3) is 3.78. The van der Waals surface area contributed by atoms with E-state index in [1.165, 1.54) is 11.8 Å². The van der Waals surface area contributed by atoms with Crippen LogP contribution in [-0.4, -0.2) is 23.4 Å². The molecule has 0 heterocycles. The Bertz CT molecular complexity index is 596. The van der Waals surface area contributed by atoms with Crippen molar-refractivity contribution >= 4 is 17.7 Å². The van der Waals surface area contributed by atoms with Gasteiger partial charge in [0.25, 0.3) is 0 Å². The summed E-state index contributed by atoms with van der Waals surface area (Å²) in [5, 5.41) is 9.09. The number of ether oxygens (including phenoxy) is 1. The Morgan fingerprint density at radius 3 is 2.60 bits per heavy atom. The molecule has 2 aromatic carbocycles. The van der Waals surface area contributed by atoms with Gasteiger partial charge in [-0.05, 0) is 30.7 Å². The van der Waals surface area contributed by atoms with Crippen LogP contribution in [-0.2, 0) is 0 Å². The Hall–Kier alpha value is -1.94. The van der Waals surface area contributed by atoms with Gasteiger partial charge in [-0.2, -0.15) is 0 Å². The molecule has 0 saturated heterocycles. The SMILES string of the molecule is Cc1ccccc1OCCSc1ccccc1C(=O)O. The van der Waals surface area contributed by atoms with Crippen LogP contribution in [0, 0.1) is 6.92 Å². The number of rotatable bonds is 6. The van der Waals surface area contributed by atoms with Crippen molar-refractivity contribution in [2.45, 2.75) is 11.8 Å². The van der Waals surface area contributed by atoms with Gasteiger partial charge in [0.2, 0.25) is 0 Å². The molecule has 2 aromatic rings. The highest BCUT2D eigenvalue weighted by Crippen LogP contribution is 2.23. The highest BCUT2D eigenvalue weighted by atomic mass is 32.2. The fourth-order valence-corrected chi connectivity index (χ4v) is 2.66. The van der Waals surface area contributed by atoms with Gasteiger partial charge in [0, 0.05) is 10.6 Å². The smallest absolute Gasteiger partial charge is 0.336 e. The van der Waals surface area contributed by atoms with Crippen LogP contribution in [0.5, 0.6) is 5.75 Å². The normalized spacial score (nSPS) is 10.2. The number of hydrogen-bond acceptors (Lipinski definition) is 3. The zero-order chi connectivity index (χ0) is 14.4. The second kappa shape index (κ2) is 7.01. The zero-order valence-electron chi connectivity index (χ0n) is 11.2. The average molecular weight is 288 g/mol. The van der Waals surface area contributed by atoms with Gasteiger partial charge >= 0.3 is 5.97 Å². The molecule has 0 amide bonds. The zero-order valence-corrected chi connectivity index (χ0v) is 12.0. The largest absolute Gasteiger partial charge is 0.492 e. The van der Waals surface area contributed by atoms with Crippen LogP contribution in [0.2, 0.25) is 0 Å². The van der Waals surface area contributed by atoms with Gasteiger partial charge in [-0.15, -0.1) is 11.8 Å². The van der Waals surface area contributed by atoms with Crippen molar-refractivity contribution in [2.75, 3.05) is 12.4 Å². The minimum Gasteiger partial charge on any atom is -0.492 e. The Balaban J connectivity index is 1.88. The molecule has 0 aliphatic rings. The van der Waals surface area contributed by atoms with Gasteiger partial charge in [0.1, 0.15) is 5.75 Å². The first kappa shape index (κ1) is 14.5. The van der Waals surface area contributed by atoms with Gasteiger partial charge < -0.3 is 9.84 Å². The van der Waals surface area contributed by atoms with E-state index in [2.05, 4.69) is 0 Å². The summed E-state index contributed by atoms with van der Waals surface area (Å²) in [6.45, 7) is 2.55. The van der Waals surface area contributed by atoms with E-state index >= 15 is 0 Å². The van der Waals surface area contributed by atoms with Crippen molar-refractivity contribution < 1.29 is 14.6 Å². The summed E-state index contributed by atoms with van der Waals surface area (Å²) in [7, 11) is 0. The standard InChI is InChI=1S/C16H16O3S/c1-12-6-2-4-8-14(12)19-10-11-20-15-9-5-3-7-13(15)16(17)18/h2-9H,10-11H2,1H3,(H,17,18). The van der Waals surface area contributed by atoms with Crippen molar-refractivity contribution in [1.82, 2.24) is 0 Å². The van der Waals surface area contributed by atoms with E-state index in [1.807, 2.05) is 43.3 Å². The number of aryl methyl sites for hydroxylation is 1. The number of carboxylic acid groups (broad SMARTS) is 1. The van der Waals surface area contributed by atoms with Crippen LogP contribution in [0.1, 0.15) is 15.9 Å². The van der Waals surface area contributed by atoms with E-state index in [-0.39, 0.29) is 0 Å². The maximum Gasteiger partial charge on any atom is 0.336 e. The Morgan fingerprint density at radius 2 is 1.85 bits per heavy atom. The Morgan fingerprint density at radius 1 is 1.15 bits per heavy atom. The third-order valence-corrected chi connectivity index (χ3v) is 3.85. The fourth-order valence-electron chi connectivity index (χ4n) is 1.79. The predicted octanol–water partition coefficient (Wildman–Crippen LogP) is 3.86. The molecule has 0 fully saturated rings. The first-order valence-corrected chi connectivity index (χ1v) is 7.30. The number of benzene rings is 2. The lowest BCUT2D eigenvalue weighted by Crippen LogP contribution is -2.03. The van der Waals surface area contributed by atoms with E-state index in [1.54, 1.807) is 12.1 Å². The summed E-state index contributed by atoms with van der Waals surface area (Å²) >= 11 is 1.49. The quantitative estimate of drug-likeness (QED) is 0.647. The minimum absolute atomic E-state index is 0.341. The molecular weight excluding hydrogens is 272 g/mol. The maximum atomic E-state index is 11.1. The number of hydrogen-bond donors (Lipinski definition) is 1. The summed E-state index contributed by atoms with van der Waals surface area (Å²) in [6.07, 6.45) is 0. The molecule has 0 unspecified atom stereocenters. The van der Waals surface area contributed by atoms with E-state index in [0.29, 0.717) is 17.9 Å². The van der Waals surface area contributed by atoms with Crippen molar-refractivity contribution in [1.29, 1.82) is 0 Å². The van der Waals surface area contributed by atoms with Gasteiger partial charge in [0.15, 0.2) is 0 Å². The van der Waals surface area contributed by atoms with Crippen molar-refractivity contribution in [2.24, 2.45) is 0 Å². The fraction of sp³-hybridized carbons (Fsp3) is 0.188. The minimum atomic E-state index is -0.895. The molecule has 0 aromatic heterocycles. The van der Waals surface area contributed by atoms with Gasteiger partial charge in [-0.3, -0.25) is 0 Å². The maximum absolute atomic E-state index is 11.1. The first-order valence-electron chi connectivity index (χ1n) is 6.32. The molecule has 0 radical (unpaired) electrons. The van der Waals surface area contributed by atoms with Crippen molar-refractivity contribution in [3.63, 3.8) is 0 Å². The number of aromatic carboxylic acids is 1. The Labute approximate surface area is 122 Å². The topological polar surface area (TPSA) is 46.5 Å². The van der Waals surface area contributed by atoms with Crippen molar-refractivity contribution in [3.8, 4) is 5.75 Å². The predicted molar refractivity (Wildman–Crippen MR) is 80.8 cm³/mol. The summed E-state index contributed by atoms with van der Waals surface area (Å²) in [5.41, 5.74) is 1.44. The molecule has 104 valence electrons.